The summed E-state index contributed by atoms with van der Waals surface area (Å²) in [6.45, 7) is 12.3. The zero-order chi connectivity index (χ0) is 16.8. The zero-order valence-corrected chi connectivity index (χ0v) is 14.4. The molecule has 0 aliphatic carbocycles. The highest BCUT2D eigenvalue weighted by Crippen LogP contribution is 2.36. The van der Waals surface area contributed by atoms with Crippen molar-refractivity contribution in [2.75, 3.05) is 13.1 Å². The molecule has 2 aliphatic heterocycles. The quantitative estimate of drug-likeness (QED) is 0.751. The van der Waals surface area contributed by atoms with Crippen molar-refractivity contribution in [2.24, 2.45) is 5.73 Å². The molecule has 1 atom stereocenters. The average molecular weight is 310 g/mol. The molecule has 0 bridgehead atoms. The Balaban J connectivity index is 1.97. The largest absolute Gasteiger partial charge is 0.491 e. The standard InChI is InChI=1S/C15H27BN2O4/c1-13(2,3)20-12(19)18-9-7-11(8-10-18)16-21-14(4,5)15(6,17)22-16/h7H,8-10,17H2,1-6H3. The third-order valence-corrected chi connectivity index (χ3v) is 4.15. The maximum atomic E-state index is 12.0. The number of nitrogens with two attached hydrogens (primary N) is 1. The number of ether oxygens (including phenoxy) is 1. The van der Waals surface area contributed by atoms with Crippen LogP contribution in [0.1, 0.15) is 48.0 Å². The van der Waals surface area contributed by atoms with Crippen molar-refractivity contribution in [3.8, 4) is 0 Å². The first-order chi connectivity index (χ1) is 9.91. The minimum absolute atomic E-state index is 0.292. The van der Waals surface area contributed by atoms with E-state index in [4.69, 9.17) is 19.8 Å². The lowest BCUT2D eigenvalue weighted by atomic mass is 9.75. The molecule has 2 N–H and O–H groups in total. The lowest BCUT2D eigenvalue weighted by Gasteiger charge is -2.31. The van der Waals surface area contributed by atoms with Crippen LogP contribution in [0.25, 0.3) is 0 Å². The summed E-state index contributed by atoms with van der Waals surface area (Å²) in [6.07, 6.45) is 2.37. The fourth-order valence-corrected chi connectivity index (χ4v) is 2.32. The van der Waals surface area contributed by atoms with Crippen LogP contribution in [-0.2, 0) is 14.0 Å². The van der Waals surface area contributed by atoms with E-state index < -0.39 is 24.0 Å². The van der Waals surface area contributed by atoms with Gasteiger partial charge in [-0.05, 0) is 53.4 Å². The summed E-state index contributed by atoms with van der Waals surface area (Å²) in [7, 11) is -0.439. The number of hydrogen-bond acceptors (Lipinski definition) is 5. The smallest absolute Gasteiger partial charge is 0.444 e. The molecule has 0 aromatic carbocycles. The van der Waals surface area contributed by atoms with Crippen LogP contribution in [0.5, 0.6) is 0 Å². The van der Waals surface area contributed by atoms with Gasteiger partial charge in [0, 0.05) is 13.1 Å². The van der Waals surface area contributed by atoms with Crippen LogP contribution in [0.2, 0.25) is 0 Å². The molecule has 0 spiro atoms. The van der Waals surface area contributed by atoms with E-state index in [-0.39, 0.29) is 6.09 Å². The van der Waals surface area contributed by atoms with Gasteiger partial charge in [0.2, 0.25) is 0 Å². The Morgan fingerprint density at radius 2 is 2.00 bits per heavy atom. The summed E-state index contributed by atoms with van der Waals surface area (Å²) in [5.74, 6) is 0. The van der Waals surface area contributed by atoms with Gasteiger partial charge in [0.25, 0.3) is 0 Å². The van der Waals surface area contributed by atoms with Gasteiger partial charge in [0.15, 0.2) is 0 Å². The first-order valence-corrected chi connectivity index (χ1v) is 7.73. The van der Waals surface area contributed by atoms with E-state index in [0.29, 0.717) is 19.5 Å². The van der Waals surface area contributed by atoms with Gasteiger partial charge < -0.3 is 24.7 Å². The minimum Gasteiger partial charge on any atom is -0.444 e. The number of hydrogen-bond donors (Lipinski definition) is 1. The molecule has 6 nitrogen and oxygen atoms in total. The van der Waals surface area contributed by atoms with Crippen LogP contribution < -0.4 is 5.73 Å². The first-order valence-electron chi connectivity index (χ1n) is 7.73. The van der Waals surface area contributed by atoms with E-state index in [2.05, 4.69) is 0 Å². The average Bonchev–Trinajstić information content (AvgIpc) is 2.56. The summed E-state index contributed by atoms with van der Waals surface area (Å²) in [4.78, 5) is 13.7. The Morgan fingerprint density at radius 1 is 1.36 bits per heavy atom. The van der Waals surface area contributed by atoms with Crippen LogP contribution in [0.3, 0.4) is 0 Å². The summed E-state index contributed by atoms with van der Waals surface area (Å²) >= 11 is 0. The summed E-state index contributed by atoms with van der Waals surface area (Å²) in [5, 5.41) is 0. The lowest BCUT2D eigenvalue weighted by molar-refractivity contribution is -0.00411. The minimum atomic E-state index is -0.833. The maximum absolute atomic E-state index is 12.0. The maximum Gasteiger partial charge on any atom is 0.491 e. The molecule has 2 aliphatic rings. The molecule has 0 aromatic rings. The number of amides is 1. The highest BCUT2D eigenvalue weighted by molar-refractivity contribution is 6.54. The molecule has 1 unspecified atom stereocenters. The third kappa shape index (κ3) is 3.64. The van der Waals surface area contributed by atoms with Crippen molar-refractivity contribution in [3.05, 3.63) is 11.5 Å². The van der Waals surface area contributed by atoms with E-state index in [0.717, 1.165) is 5.47 Å². The van der Waals surface area contributed by atoms with Gasteiger partial charge in [-0.25, -0.2) is 4.79 Å². The third-order valence-electron chi connectivity index (χ3n) is 4.15. The Hall–Kier alpha value is -1.05. The predicted octanol–water partition coefficient (Wildman–Crippen LogP) is 2.08. The Morgan fingerprint density at radius 3 is 2.41 bits per heavy atom. The molecule has 2 heterocycles. The van der Waals surface area contributed by atoms with Crippen molar-refractivity contribution < 1.29 is 18.8 Å². The Labute approximate surface area is 133 Å². The van der Waals surface area contributed by atoms with Gasteiger partial charge in [-0.2, -0.15) is 0 Å². The fraction of sp³-hybridized carbons (Fsp3) is 0.800. The van der Waals surface area contributed by atoms with Crippen LogP contribution in [-0.4, -0.2) is 48.1 Å². The lowest BCUT2D eigenvalue weighted by Crippen LogP contribution is -2.52. The second kappa shape index (κ2) is 5.55. The molecule has 0 aromatic heterocycles. The number of rotatable bonds is 1. The molecular weight excluding hydrogens is 283 g/mol. The Bertz CT molecular complexity index is 466. The zero-order valence-electron chi connectivity index (χ0n) is 14.4. The van der Waals surface area contributed by atoms with Crippen molar-refractivity contribution in [1.29, 1.82) is 0 Å². The molecule has 0 radical (unpaired) electrons. The summed E-state index contributed by atoms with van der Waals surface area (Å²) in [5.41, 5.74) is 5.30. The molecule has 0 saturated carbocycles. The first kappa shape index (κ1) is 17.3. The highest BCUT2D eigenvalue weighted by Gasteiger charge is 2.53. The van der Waals surface area contributed by atoms with Crippen LogP contribution in [0.15, 0.2) is 11.5 Å². The number of carbonyl (C=O) groups is 1. The second-order valence-corrected chi connectivity index (χ2v) is 7.64. The number of nitrogens with zero attached hydrogens (tertiary/aromatic N) is 1. The molecule has 124 valence electrons. The van der Waals surface area contributed by atoms with Gasteiger partial charge >= 0.3 is 13.2 Å². The van der Waals surface area contributed by atoms with E-state index in [1.807, 2.05) is 47.6 Å². The fourth-order valence-electron chi connectivity index (χ4n) is 2.32. The van der Waals surface area contributed by atoms with Crippen LogP contribution in [0, 0.1) is 0 Å². The highest BCUT2D eigenvalue weighted by atomic mass is 16.7. The van der Waals surface area contributed by atoms with Gasteiger partial charge in [-0.3, -0.25) is 0 Å². The van der Waals surface area contributed by atoms with E-state index in [9.17, 15) is 4.79 Å². The molecule has 2 rings (SSSR count). The molecular formula is C15H27BN2O4. The SMILES string of the molecule is CC(C)(C)OC(=O)N1CC=C(B2OC(C)(C)C(C)(N)O2)CC1. The van der Waals surface area contributed by atoms with Gasteiger partial charge in [-0.15, -0.1) is 0 Å². The van der Waals surface area contributed by atoms with E-state index in [1.165, 1.54) is 0 Å². The molecule has 1 amide bonds. The van der Waals surface area contributed by atoms with Crippen molar-refractivity contribution in [3.63, 3.8) is 0 Å². The molecule has 7 heteroatoms. The Kier molecular flexibility index (Phi) is 4.36. The molecule has 1 fully saturated rings. The van der Waals surface area contributed by atoms with Crippen LogP contribution in [0.4, 0.5) is 4.79 Å². The molecule has 22 heavy (non-hydrogen) atoms. The van der Waals surface area contributed by atoms with Gasteiger partial charge in [0.1, 0.15) is 11.3 Å². The van der Waals surface area contributed by atoms with Crippen molar-refractivity contribution in [2.45, 2.75) is 64.9 Å². The van der Waals surface area contributed by atoms with E-state index >= 15 is 0 Å². The van der Waals surface area contributed by atoms with Crippen molar-refractivity contribution >= 4 is 13.2 Å². The number of carbonyl (C=O) groups excluding carboxylic acids is 1. The summed E-state index contributed by atoms with van der Waals surface area (Å²) in [6, 6.07) is 0. The summed E-state index contributed by atoms with van der Waals surface area (Å²) < 4.78 is 17.1. The molecule has 1 saturated heterocycles. The van der Waals surface area contributed by atoms with E-state index in [1.54, 1.807) is 4.90 Å². The van der Waals surface area contributed by atoms with Crippen molar-refractivity contribution in [1.82, 2.24) is 4.90 Å². The monoisotopic (exact) mass is 310 g/mol. The predicted molar refractivity (Wildman–Crippen MR) is 85.1 cm³/mol. The van der Waals surface area contributed by atoms with Gasteiger partial charge in [-0.1, -0.05) is 6.08 Å². The van der Waals surface area contributed by atoms with Crippen LogP contribution >= 0.6 is 0 Å². The second-order valence-electron chi connectivity index (χ2n) is 7.64. The van der Waals surface area contributed by atoms with Gasteiger partial charge in [0.05, 0.1) is 5.60 Å². The normalized spacial score (nSPS) is 28.6. The topological polar surface area (TPSA) is 74.0 Å².